The number of carboxylic acids is 1. The zero-order valence-electron chi connectivity index (χ0n) is 10.8. The second kappa shape index (κ2) is 8.10. The van der Waals surface area contributed by atoms with E-state index in [-0.39, 0.29) is 5.75 Å². The van der Waals surface area contributed by atoms with Crippen molar-refractivity contribution in [1.82, 2.24) is 14.8 Å². The molecule has 0 aromatic carbocycles. The summed E-state index contributed by atoms with van der Waals surface area (Å²) in [6, 6.07) is 0. The van der Waals surface area contributed by atoms with Crippen LogP contribution >= 0.6 is 11.8 Å². The van der Waals surface area contributed by atoms with Crippen LogP contribution in [0.1, 0.15) is 26.1 Å². The van der Waals surface area contributed by atoms with Gasteiger partial charge in [-0.2, -0.15) is 0 Å². The van der Waals surface area contributed by atoms with Crippen LogP contribution in [0.2, 0.25) is 0 Å². The van der Waals surface area contributed by atoms with E-state index in [9.17, 15) is 4.79 Å². The molecule has 1 aromatic rings. The first-order valence-electron chi connectivity index (χ1n) is 6.03. The maximum Gasteiger partial charge on any atom is 0.313 e. The van der Waals surface area contributed by atoms with Gasteiger partial charge < -0.3 is 14.4 Å². The number of aliphatic carboxylic acids is 1. The molecule has 0 saturated carbocycles. The molecule has 0 aliphatic carbocycles. The van der Waals surface area contributed by atoms with Crippen molar-refractivity contribution in [2.75, 3.05) is 19.0 Å². The maximum atomic E-state index is 10.5. The second-order valence-electron chi connectivity index (χ2n) is 3.69. The zero-order chi connectivity index (χ0) is 13.4. The van der Waals surface area contributed by atoms with Crippen LogP contribution in [0.4, 0.5) is 0 Å². The van der Waals surface area contributed by atoms with Crippen LogP contribution < -0.4 is 0 Å². The number of thioether (sulfide) groups is 1. The summed E-state index contributed by atoms with van der Waals surface area (Å²) >= 11 is 1.19. The first kappa shape index (κ1) is 15.0. The molecule has 1 heterocycles. The van der Waals surface area contributed by atoms with Gasteiger partial charge in [0.15, 0.2) is 5.16 Å². The Bertz CT molecular complexity index is 382. The number of carboxylic acid groups (broad SMARTS) is 1. The smallest absolute Gasteiger partial charge is 0.313 e. The molecule has 0 bridgehead atoms. The average Bonchev–Trinajstić information content (AvgIpc) is 2.74. The van der Waals surface area contributed by atoms with E-state index in [0.717, 1.165) is 25.4 Å². The summed E-state index contributed by atoms with van der Waals surface area (Å²) < 4.78 is 7.35. The van der Waals surface area contributed by atoms with Gasteiger partial charge in [0, 0.05) is 19.6 Å². The molecule has 0 spiro atoms. The normalized spacial score (nSPS) is 10.8. The highest BCUT2D eigenvalue weighted by Crippen LogP contribution is 2.16. The molecule has 102 valence electrons. The molecule has 1 rings (SSSR count). The van der Waals surface area contributed by atoms with Crippen molar-refractivity contribution in [3.05, 3.63) is 5.82 Å². The van der Waals surface area contributed by atoms with Crippen molar-refractivity contribution in [3.63, 3.8) is 0 Å². The van der Waals surface area contributed by atoms with E-state index in [1.165, 1.54) is 11.8 Å². The van der Waals surface area contributed by atoms with Crippen LogP contribution in [0, 0.1) is 0 Å². The molecule has 18 heavy (non-hydrogen) atoms. The summed E-state index contributed by atoms with van der Waals surface area (Å²) in [6.45, 7) is 6.16. The van der Waals surface area contributed by atoms with E-state index in [4.69, 9.17) is 9.84 Å². The highest BCUT2D eigenvalue weighted by atomic mass is 32.2. The van der Waals surface area contributed by atoms with Crippen LogP contribution in [0.15, 0.2) is 5.16 Å². The molecule has 0 unspecified atom stereocenters. The third kappa shape index (κ3) is 4.66. The lowest BCUT2D eigenvalue weighted by atomic mass is 10.4. The molecule has 6 nitrogen and oxygen atoms in total. The summed E-state index contributed by atoms with van der Waals surface area (Å²) in [4.78, 5) is 10.5. The van der Waals surface area contributed by atoms with Gasteiger partial charge in [0.25, 0.3) is 0 Å². The summed E-state index contributed by atoms with van der Waals surface area (Å²) in [7, 11) is 0. The van der Waals surface area contributed by atoms with Crippen molar-refractivity contribution < 1.29 is 14.6 Å². The van der Waals surface area contributed by atoms with Crippen LogP contribution in [-0.2, 0) is 22.5 Å². The monoisotopic (exact) mass is 273 g/mol. The number of hydrogen-bond acceptors (Lipinski definition) is 5. The fourth-order valence-corrected chi connectivity index (χ4v) is 2.21. The highest BCUT2D eigenvalue weighted by Gasteiger charge is 2.12. The van der Waals surface area contributed by atoms with E-state index in [2.05, 4.69) is 17.1 Å². The maximum absolute atomic E-state index is 10.5. The lowest BCUT2D eigenvalue weighted by Crippen LogP contribution is -2.08. The van der Waals surface area contributed by atoms with Gasteiger partial charge in [-0.15, -0.1) is 10.2 Å². The van der Waals surface area contributed by atoms with Gasteiger partial charge in [-0.1, -0.05) is 18.7 Å². The Balaban J connectivity index is 2.54. The Labute approximate surface area is 111 Å². The Hall–Kier alpha value is -1.08. The fraction of sp³-hybridized carbons (Fsp3) is 0.727. The van der Waals surface area contributed by atoms with Crippen LogP contribution in [0.25, 0.3) is 0 Å². The number of ether oxygens (including phenoxy) is 1. The Morgan fingerprint density at radius 1 is 1.39 bits per heavy atom. The van der Waals surface area contributed by atoms with E-state index in [0.29, 0.717) is 18.2 Å². The Morgan fingerprint density at radius 3 is 2.78 bits per heavy atom. The van der Waals surface area contributed by atoms with Gasteiger partial charge >= 0.3 is 5.97 Å². The topological polar surface area (TPSA) is 77.2 Å². The van der Waals surface area contributed by atoms with E-state index in [1.807, 2.05) is 11.5 Å². The Kier molecular flexibility index (Phi) is 6.74. The lowest BCUT2D eigenvalue weighted by Gasteiger charge is -2.06. The number of nitrogens with zero attached hydrogens (tertiary/aromatic N) is 3. The van der Waals surface area contributed by atoms with E-state index >= 15 is 0 Å². The zero-order valence-corrected chi connectivity index (χ0v) is 11.6. The molecule has 1 N–H and O–H groups in total. The summed E-state index contributed by atoms with van der Waals surface area (Å²) in [6.07, 6.45) is 1.70. The standard InChI is InChI=1S/C11H19N3O3S/c1-3-6-17-7-5-9-12-13-11(14(9)4-2)18-8-10(15)16/h3-8H2,1-2H3,(H,15,16). The number of hydrogen-bond donors (Lipinski definition) is 1. The molecule has 0 radical (unpaired) electrons. The van der Waals surface area contributed by atoms with Crippen molar-refractivity contribution in [2.24, 2.45) is 0 Å². The molecule has 0 aliphatic heterocycles. The summed E-state index contributed by atoms with van der Waals surface area (Å²) in [5.74, 6) is 0.00441. The predicted molar refractivity (Wildman–Crippen MR) is 68.9 cm³/mol. The van der Waals surface area contributed by atoms with Gasteiger partial charge in [-0.3, -0.25) is 4.79 Å². The molecule has 0 fully saturated rings. The first-order valence-corrected chi connectivity index (χ1v) is 7.02. The van der Waals surface area contributed by atoms with Crippen molar-refractivity contribution in [1.29, 1.82) is 0 Å². The molecular weight excluding hydrogens is 254 g/mol. The lowest BCUT2D eigenvalue weighted by molar-refractivity contribution is -0.133. The third-order valence-corrected chi connectivity index (χ3v) is 3.20. The average molecular weight is 273 g/mol. The van der Waals surface area contributed by atoms with Crippen molar-refractivity contribution >= 4 is 17.7 Å². The molecule has 1 aromatic heterocycles. The Morgan fingerprint density at radius 2 is 2.17 bits per heavy atom. The van der Waals surface area contributed by atoms with Gasteiger partial charge in [0.1, 0.15) is 5.82 Å². The predicted octanol–water partition coefficient (Wildman–Crippen LogP) is 1.44. The van der Waals surface area contributed by atoms with Crippen molar-refractivity contribution in [2.45, 2.75) is 38.4 Å². The minimum absolute atomic E-state index is 0.00443. The molecule has 0 atom stereocenters. The molecular formula is C11H19N3O3S. The van der Waals surface area contributed by atoms with Gasteiger partial charge in [-0.05, 0) is 13.3 Å². The highest BCUT2D eigenvalue weighted by molar-refractivity contribution is 7.99. The van der Waals surface area contributed by atoms with Crippen LogP contribution in [-0.4, -0.2) is 44.8 Å². The molecule has 0 aliphatic rings. The van der Waals surface area contributed by atoms with Crippen molar-refractivity contribution in [3.8, 4) is 0 Å². The third-order valence-electron chi connectivity index (χ3n) is 2.25. The quantitative estimate of drug-likeness (QED) is 0.542. The largest absolute Gasteiger partial charge is 0.481 e. The number of aromatic nitrogens is 3. The SMILES string of the molecule is CCCOCCc1nnc(SCC(=O)O)n1CC. The summed E-state index contributed by atoms with van der Waals surface area (Å²) in [5, 5.41) is 17.4. The van der Waals surface area contributed by atoms with E-state index < -0.39 is 5.97 Å². The fourth-order valence-electron chi connectivity index (χ4n) is 1.46. The number of rotatable bonds is 9. The van der Waals surface area contributed by atoms with Crippen LogP contribution in [0.3, 0.4) is 0 Å². The van der Waals surface area contributed by atoms with Gasteiger partial charge in [0.2, 0.25) is 0 Å². The minimum Gasteiger partial charge on any atom is -0.481 e. The molecule has 7 heteroatoms. The van der Waals surface area contributed by atoms with E-state index in [1.54, 1.807) is 0 Å². The number of carbonyl (C=O) groups is 1. The molecule has 0 saturated heterocycles. The summed E-state index contributed by atoms with van der Waals surface area (Å²) in [5.41, 5.74) is 0. The second-order valence-corrected chi connectivity index (χ2v) is 4.63. The van der Waals surface area contributed by atoms with Gasteiger partial charge in [0.05, 0.1) is 12.4 Å². The molecule has 0 amide bonds. The first-order chi connectivity index (χ1) is 8.69. The minimum atomic E-state index is -0.849. The van der Waals surface area contributed by atoms with Crippen LogP contribution in [0.5, 0.6) is 0 Å². The van der Waals surface area contributed by atoms with Gasteiger partial charge in [-0.25, -0.2) is 0 Å².